The molecule has 80 valence electrons. The fourth-order valence-electron chi connectivity index (χ4n) is 1.68. The highest BCUT2D eigenvalue weighted by Crippen LogP contribution is 2.38. The van der Waals surface area contributed by atoms with Crippen molar-refractivity contribution in [3.05, 3.63) is 28.5 Å². The molecule has 2 rings (SSSR count). The summed E-state index contributed by atoms with van der Waals surface area (Å²) in [6, 6.07) is 3.49. The van der Waals surface area contributed by atoms with Crippen molar-refractivity contribution in [3.63, 3.8) is 0 Å². The highest BCUT2D eigenvalue weighted by Gasteiger charge is 2.16. The van der Waals surface area contributed by atoms with E-state index < -0.39 is 0 Å². The number of benzene rings is 1. The minimum atomic E-state index is -0.124. The third-order valence-corrected chi connectivity index (χ3v) is 2.74. The highest BCUT2D eigenvalue weighted by molar-refractivity contribution is 6.33. The number of aryl methyl sites for hydroxylation is 1. The molecule has 0 atom stereocenters. The van der Waals surface area contributed by atoms with Gasteiger partial charge in [-0.2, -0.15) is 0 Å². The van der Waals surface area contributed by atoms with Crippen LogP contribution in [0.2, 0.25) is 5.02 Å². The molecule has 0 radical (unpaired) electrons. The first-order chi connectivity index (χ1) is 7.19. The van der Waals surface area contributed by atoms with Crippen molar-refractivity contribution in [2.45, 2.75) is 13.5 Å². The van der Waals surface area contributed by atoms with Crippen LogP contribution >= 0.6 is 11.6 Å². The van der Waals surface area contributed by atoms with Gasteiger partial charge in [-0.1, -0.05) is 11.6 Å². The van der Waals surface area contributed by atoms with Gasteiger partial charge in [0.05, 0.1) is 17.5 Å². The summed E-state index contributed by atoms with van der Waals surface area (Å²) in [5.74, 6) is 1.14. The second-order valence-corrected chi connectivity index (χ2v) is 3.67. The van der Waals surface area contributed by atoms with Gasteiger partial charge in [0, 0.05) is 5.56 Å². The van der Waals surface area contributed by atoms with Gasteiger partial charge in [0.2, 0.25) is 0 Å². The minimum absolute atomic E-state index is 0.124. The van der Waals surface area contributed by atoms with E-state index in [2.05, 4.69) is 0 Å². The lowest BCUT2D eigenvalue weighted by Crippen LogP contribution is -1.86. The molecule has 0 amide bonds. The number of halogens is 1. The standard InChI is InChI=1S/C11H11ClO3/c1-6-9(5-13)15-8-4-3-7(12)11(14-2)10(6)8/h3-4,13H,5H2,1-2H3. The van der Waals surface area contributed by atoms with Crippen LogP contribution in [0.15, 0.2) is 16.5 Å². The second kappa shape index (κ2) is 3.76. The van der Waals surface area contributed by atoms with Crippen LogP contribution in [0.25, 0.3) is 11.0 Å². The Morgan fingerprint density at radius 2 is 2.20 bits per heavy atom. The fraction of sp³-hybridized carbons (Fsp3) is 0.273. The van der Waals surface area contributed by atoms with E-state index in [9.17, 15) is 0 Å². The summed E-state index contributed by atoms with van der Waals surface area (Å²) in [5.41, 5.74) is 1.55. The molecule has 0 unspecified atom stereocenters. The number of fused-ring (bicyclic) bond motifs is 1. The summed E-state index contributed by atoms with van der Waals surface area (Å²) in [4.78, 5) is 0. The van der Waals surface area contributed by atoms with E-state index in [1.54, 1.807) is 19.2 Å². The van der Waals surface area contributed by atoms with E-state index in [0.29, 0.717) is 22.1 Å². The van der Waals surface area contributed by atoms with E-state index >= 15 is 0 Å². The molecule has 0 aliphatic carbocycles. The lowest BCUT2D eigenvalue weighted by molar-refractivity contribution is 0.250. The summed E-state index contributed by atoms with van der Waals surface area (Å²) in [6.07, 6.45) is 0. The average Bonchev–Trinajstić information content (AvgIpc) is 2.56. The number of methoxy groups -OCH3 is 1. The SMILES string of the molecule is COc1c(Cl)ccc2oc(CO)c(C)c12. The van der Waals surface area contributed by atoms with E-state index in [4.69, 9.17) is 25.9 Å². The summed E-state index contributed by atoms with van der Waals surface area (Å²) >= 11 is 6.00. The molecule has 0 aliphatic rings. The van der Waals surface area contributed by atoms with Crippen LogP contribution in [-0.2, 0) is 6.61 Å². The second-order valence-electron chi connectivity index (χ2n) is 3.26. The number of ether oxygens (including phenoxy) is 1. The van der Waals surface area contributed by atoms with Crippen LogP contribution in [0, 0.1) is 6.92 Å². The van der Waals surface area contributed by atoms with Crippen LogP contribution in [0.3, 0.4) is 0 Å². The normalized spacial score (nSPS) is 10.9. The molecule has 3 nitrogen and oxygen atoms in total. The third kappa shape index (κ3) is 1.48. The van der Waals surface area contributed by atoms with Crippen molar-refractivity contribution in [3.8, 4) is 5.75 Å². The van der Waals surface area contributed by atoms with E-state index in [1.165, 1.54) is 0 Å². The maximum Gasteiger partial charge on any atom is 0.148 e. The van der Waals surface area contributed by atoms with Crippen molar-refractivity contribution in [1.82, 2.24) is 0 Å². The Hall–Kier alpha value is -1.19. The first kappa shape index (κ1) is 10.3. The molecule has 1 heterocycles. The Morgan fingerprint density at radius 1 is 1.47 bits per heavy atom. The largest absolute Gasteiger partial charge is 0.494 e. The number of aliphatic hydroxyl groups is 1. The predicted octanol–water partition coefficient (Wildman–Crippen LogP) is 2.90. The van der Waals surface area contributed by atoms with Gasteiger partial charge in [-0.15, -0.1) is 0 Å². The number of aliphatic hydroxyl groups excluding tert-OH is 1. The molecular weight excluding hydrogens is 216 g/mol. The van der Waals surface area contributed by atoms with Gasteiger partial charge >= 0.3 is 0 Å². The Morgan fingerprint density at radius 3 is 2.80 bits per heavy atom. The summed E-state index contributed by atoms with van der Waals surface area (Å²) in [7, 11) is 1.56. The lowest BCUT2D eigenvalue weighted by atomic mass is 10.1. The van der Waals surface area contributed by atoms with Crippen molar-refractivity contribution >= 4 is 22.6 Å². The first-order valence-corrected chi connectivity index (χ1v) is 4.92. The van der Waals surface area contributed by atoms with Gasteiger partial charge in [-0.3, -0.25) is 0 Å². The van der Waals surface area contributed by atoms with Gasteiger partial charge in [-0.05, 0) is 19.1 Å². The number of hydrogen-bond donors (Lipinski definition) is 1. The lowest BCUT2D eigenvalue weighted by Gasteiger charge is -2.03. The van der Waals surface area contributed by atoms with Crippen LogP contribution < -0.4 is 4.74 Å². The molecule has 0 fully saturated rings. The molecule has 4 heteroatoms. The quantitative estimate of drug-likeness (QED) is 0.856. The molecular formula is C11H11ClO3. The zero-order chi connectivity index (χ0) is 11.0. The van der Waals surface area contributed by atoms with Crippen molar-refractivity contribution < 1.29 is 14.3 Å². The molecule has 1 aromatic heterocycles. The number of hydrogen-bond acceptors (Lipinski definition) is 3. The van der Waals surface area contributed by atoms with Crippen LogP contribution in [0.4, 0.5) is 0 Å². The molecule has 0 aliphatic heterocycles. The molecule has 1 N–H and O–H groups in total. The maximum atomic E-state index is 9.08. The third-order valence-electron chi connectivity index (χ3n) is 2.45. The molecule has 0 saturated heterocycles. The van der Waals surface area contributed by atoms with E-state index in [0.717, 1.165) is 10.9 Å². The zero-order valence-corrected chi connectivity index (χ0v) is 9.26. The Bertz CT molecular complexity index is 502. The number of rotatable bonds is 2. The van der Waals surface area contributed by atoms with Crippen LogP contribution in [-0.4, -0.2) is 12.2 Å². The van der Waals surface area contributed by atoms with Crippen molar-refractivity contribution in [1.29, 1.82) is 0 Å². The summed E-state index contributed by atoms with van der Waals surface area (Å²) < 4.78 is 10.7. The van der Waals surface area contributed by atoms with Gasteiger partial charge < -0.3 is 14.3 Å². The van der Waals surface area contributed by atoms with Crippen LogP contribution in [0.1, 0.15) is 11.3 Å². The van der Waals surface area contributed by atoms with Crippen molar-refractivity contribution in [2.75, 3.05) is 7.11 Å². The smallest absolute Gasteiger partial charge is 0.148 e. The van der Waals surface area contributed by atoms with Crippen molar-refractivity contribution in [2.24, 2.45) is 0 Å². The summed E-state index contributed by atoms with van der Waals surface area (Å²) in [6.45, 7) is 1.75. The van der Waals surface area contributed by atoms with E-state index in [-0.39, 0.29) is 6.61 Å². The first-order valence-electron chi connectivity index (χ1n) is 4.54. The summed E-state index contributed by atoms with van der Waals surface area (Å²) in [5, 5.41) is 10.5. The Balaban J connectivity index is 2.84. The molecule has 15 heavy (non-hydrogen) atoms. The van der Waals surface area contributed by atoms with Crippen LogP contribution in [0.5, 0.6) is 5.75 Å². The fourth-order valence-corrected chi connectivity index (χ4v) is 1.91. The topological polar surface area (TPSA) is 42.6 Å². The molecule has 0 bridgehead atoms. The van der Waals surface area contributed by atoms with Gasteiger partial charge in [0.25, 0.3) is 0 Å². The minimum Gasteiger partial charge on any atom is -0.494 e. The molecule has 0 spiro atoms. The molecule has 2 aromatic rings. The van der Waals surface area contributed by atoms with E-state index in [1.807, 2.05) is 6.92 Å². The number of furan rings is 1. The van der Waals surface area contributed by atoms with Gasteiger partial charge in [0.15, 0.2) is 0 Å². The Kier molecular flexibility index (Phi) is 2.59. The monoisotopic (exact) mass is 226 g/mol. The predicted molar refractivity (Wildman–Crippen MR) is 58.4 cm³/mol. The maximum absolute atomic E-state index is 9.08. The average molecular weight is 227 g/mol. The molecule has 1 aromatic carbocycles. The molecule has 0 saturated carbocycles. The van der Waals surface area contributed by atoms with Gasteiger partial charge in [-0.25, -0.2) is 0 Å². The zero-order valence-electron chi connectivity index (χ0n) is 8.50. The van der Waals surface area contributed by atoms with Gasteiger partial charge in [0.1, 0.15) is 23.7 Å². The Labute approximate surface area is 92.2 Å². The highest BCUT2D eigenvalue weighted by atomic mass is 35.5.